The highest BCUT2D eigenvalue weighted by atomic mass is 31.2. The van der Waals surface area contributed by atoms with Crippen LogP contribution in [-0.4, -0.2) is 73.4 Å². The Balaban J connectivity index is 3.92. The Morgan fingerprint density at radius 3 is 0.918 bits per heavy atom. The maximum atomic E-state index is 13.0. The monoisotopic (exact) mass is 1060 g/mol. The van der Waals surface area contributed by atoms with Crippen LogP contribution in [0.4, 0.5) is 0 Å². The van der Waals surface area contributed by atoms with Crippen molar-refractivity contribution in [2.24, 2.45) is 0 Å². The molecule has 3 N–H and O–H groups in total. The van der Waals surface area contributed by atoms with E-state index in [2.05, 4.69) is 19.2 Å². The van der Waals surface area contributed by atoms with Crippen LogP contribution in [0.15, 0.2) is 0 Å². The van der Waals surface area contributed by atoms with E-state index in [4.69, 9.17) is 9.05 Å². The summed E-state index contributed by atoms with van der Waals surface area (Å²) >= 11 is 0. The molecule has 0 aromatic heterocycles. The lowest BCUT2D eigenvalue weighted by Crippen LogP contribution is -2.46. The number of amides is 1. The van der Waals surface area contributed by atoms with Gasteiger partial charge in [-0.3, -0.25) is 13.8 Å². The lowest BCUT2D eigenvalue weighted by atomic mass is 10.0. The van der Waals surface area contributed by atoms with Gasteiger partial charge in [0.2, 0.25) is 5.91 Å². The molecule has 1 amide bonds. The molecule has 0 fully saturated rings. The third-order valence-electron chi connectivity index (χ3n) is 15.6. The molecule has 438 valence electrons. The third kappa shape index (κ3) is 59.0. The number of phosphoric ester groups is 1. The molecule has 0 heterocycles. The first-order valence-electron chi connectivity index (χ1n) is 32.9. The molecule has 0 aliphatic heterocycles. The number of nitrogens with zero attached hydrogens (tertiary/aromatic N) is 1. The Labute approximate surface area is 457 Å². The second kappa shape index (κ2) is 56.2. The van der Waals surface area contributed by atoms with Crippen LogP contribution in [0.2, 0.25) is 0 Å². The summed E-state index contributed by atoms with van der Waals surface area (Å²) in [6, 6.07) is -0.755. The molecule has 0 aliphatic carbocycles. The molecular weight excluding hydrogens is 924 g/mol. The van der Waals surface area contributed by atoms with E-state index >= 15 is 0 Å². The molecule has 0 rings (SSSR count). The second-order valence-electron chi connectivity index (χ2n) is 24.2. The maximum absolute atomic E-state index is 13.0. The number of quaternary nitrogens is 1. The summed E-state index contributed by atoms with van der Waals surface area (Å²) in [7, 11) is 1.64. The molecule has 3 atom stereocenters. The van der Waals surface area contributed by atoms with Gasteiger partial charge in [0.1, 0.15) is 13.2 Å². The van der Waals surface area contributed by atoms with E-state index in [9.17, 15) is 19.4 Å². The molecule has 0 aromatic carbocycles. The van der Waals surface area contributed by atoms with Crippen molar-refractivity contribution in [3.05, 3.63) is 0 Å². The van der Waals surface area contributed by atoms with Gasteiger partial charge in [-0.05, 0) is 12.8 Å². The molecule has 3 unspecified atom stereocenters. The number of unbranched alkanes of at least 4 members (excludes halogenated alkanes) is 49. The van der Waals surface area contributed by atoms with Crippen molar-refractivity contribution in [3.8, 4) is 0 Å². The summed E-state index contributed by atoms with van der Waals surface area (Å²) in [6.45, 7) is 4.95. The zero-order valence-corrected chi connectivity index (χ0v) is 51.1. The fourth-order valence-electron chi connectivity index (χ4n) is 10.5. The van der Waals surface area contributed by atoms with Crippen LogP contribution >= 0.6 is 7.82 Å². The highest BCUT2D eigenvalue weighted by Crippen LogP contribution is 2.43. The number of hydrogen-bond acceptors (Lipinski definition) is 5. The average molecular weight is 1060 g/mol. The second-order valence-corrected chi connectivity index (χ2v) is 25.7. The molecule has 0 saturated carbocycles. The molecule has 0 bridgehead atoms. The van der Waals surface area contributed by atoms with Crippen molar-refractivity contribution >= 4 is 13.7 Å². The van der Waals surface area contributed by atoms with E-state index in [0.29, 0.717) is 23.9 Å². The molecule has 9 heteroatoms. The van der Waals surface area contributed by atoms with E-state index < -0.39 is 20.0 Å². The van der Waals surface area contributed by atoms with Crippen LogP contribution in [0, 0.1) is 0 Å². The molecule has 0 spiro atoms. The summed E-state index contributed by atoms with van der Waals surface area (Å²) < 4.78 is 23.8. The van der Waals surface area contributed by atoms with Gasteiger partial charge in [-0.25, -0.2) is 4.57 Å². The SMILES string of the molecule is CCCCCCCCCCCCCCCCCCCCCCCCCCCCCCCCCCCCC(=O)NC(COP(=O)(O)OCC[N+](C)(C)C)C(O)CCCCCCCCCCCCCCCCCCC. The smallest absolute Gasteiger partial charge is 0.391 e. The lowest BCUT2D eigenvalue weighted by Gasteiger charge is -2.26. The minimum absolute atomic E-state index is 0.0792. The molecule has 0 aliphatic rings. The highest BCUT2D eigenvalue weighted by Gasteiger charge is 2.28. The zero-order chi connectivity index (χ0) is 53.5. The average Bonchev–Trinajstić information content (AvgIpc) is 3.35. The van der Waals surface area contributed by atoms with E-state index in [-0.39, 0.29) is 19.1 Å². The van der Waals surface area contributed by atoms with Gasteiger partial charge in [0.25, 0.3) is 0 Å². The summed E-state index contributed by atoms with van der Waals surface area (Å²) in [4.78, 5) is 23.4. The number of rotatable bonds is 62. The molecule has 0 radical (unpaired) electrons. The number of carbonyl (C=O) groups excluding carboxylic acids is 1. The number of hydrogen-bond donors (Lipinski definition) is 3. The van der Waals surface area contributed by atoms with Crippen LogP contribution in [0.5, 0.6) is 0 Å². The van der Waals surface area contributed by atoms with E-state index in [0.717, 1.165) is 38.5 Å². The van der Waals surface area contributed by atoms with Crippen LogP contribution in [0.3, 0.4) is 0 Å². The van der Waals surface area contributed by atoms with Gasteiger partial charge in [-0.15, -0.1) is 0 Å². The summed E-state index contributed by atoms with van der Waals surface area (Å²) in [6.07, 6.45) is 69.1. The lowest BCUT2D eigenvalue weighted by molar-refractivity contribution is -0.870. The predicted octanol–water partition coefficient (Wildman–Crippen LogP) is 20.4. The van der Waals surface area contributed by atoms with Crippen LogP contribution in [0.25, 0.3) is 0 Å². The van der Waals surface area contributed by atoms with Gasteiger partial charge < -0.3 is 19.8 Å². The molecule has 73 heavy (non-hydrogen) atoms. The Kier molecular flexibility index (Phi) is 55.8. The van der Waals surface area contributed by atoms with Gasteiger partial charge in [0, 0.05) is 6.42 Å². The topological polar surface area (TPSA) is 105 Å². The maximum Gasteiger partial charge on any atom is 0.472 e. The van der Waals surface area contributed by atoms with E-state index in [1.165, 1.54) is 289 Å². The van der Waals surface area contributed by atoms with Gasteiger partial charge in [-0.1, -0.05) is 335 Å². The Bertz CT molecular complexity index is 1150. The van der Waals surface area contributed by atoms with Gasteiger partial charge in [-0.2, -0.15) is 0 Å². The Hall–Kier alpha value is -0.500. The number of aliphatic hydroxyl groups is 1. The van der Waals surface area contributed by atoms with E-state index in [1.54, 1.807) is 0 Å². The van der Waals surface area contributed by atoms with Crippen molar-refractivity contribution in [3.63, 3.8) is 0 Å². The first-order valence-corrected chi connectivity index (χ1v) is 34.4. The van der Waals surface area contributed by atoms with Crippen molar-refractivity contribution in [1.29, 1.82) is 0 Å². The van der Waals surface area contributed by atoms with Gasteiger partial charge in [0.05, 0.1) is 39.9 Å². The standard InChI is InChI=1S/C64H131N2O6P/c1-6-8-10-12-14-16-18-20-22-24-25-26-27-28-29-30-31-32-33-34-35-36-37-38-39-40-42-44-46-48-50-52-54-56-58-64(68)65-62(61-72-73(69,70)71-60-59-66(3,4)5)63(67)57-55-53-51-49-47-45-43-41-23-21-19-17-15-13-11-9-7-2/h62-63,67H,6-61H2,1-5H3,(H-,65,68,69,70)/p+1. The number of carbonyl (C=O) groups is 1. The van der Waals surface area contributed by atoms with Crippen molar-refractivity contribution in [2.45, 2.75) is 366 Å². The van der Waals surface area contributed by atoms with Crippen molar-refractivity contribution < 1.29 is 32.9 Å². The van der Waals surface area contributed by atoms with Crippen molar-refractivity contribution in [1.82, 2.24) is 5.32 Å². The van der Waals surface area contributed by atoms with Crippen LogP contribution in [-0.2, 0) is 18.4 Å². The molecular formula is C64H132N2O6P+. The van der Waals surface area contributed by atoms with Gasteiger partial charge in [0.15, 0.2) is 0 Å². The fourth-order valence-corrected chi connectivity index (χ4v) is 11.2. The van der Waals surface area contributed by atoms with Gasteiger partial charge >= 0.3 is 7.82 Å². The molecule has 0 aromatic rings. The number of phosphoric acid groups is 1. The van der Waals surface area contributed by atoms with Crippen LogP contribution in [0.1, 0.15) is 354 Å². The largest absolute Gasteiger partial charge is 0.472 e. The number of nitrogens with one attached hydrogen (secondary N) is 1. The third-order valence-corrected chi connectivity index (χ3v) is 16.6. The first kappa shape index (κ1) is 72.5. The normalized spacial score (nSPS) is 13.7. The quantitative estimate of drug-likeness (QED) is 0.0318. The first-order chi connectivity index (χ1) is 35.5. The van der Waals surface area contributed by atoms with Crippen molar-refractivity contribution in [2.75, 3.05) is 40.9 Å². The Morgan fingerprint density at radius 1 is 0.411 bits per heavy atom. The molecule has 8 nitrogen and oxygen atoms in total. The number of likely N-dealkylation sites (N-methyl/N-ethyl adjacent to an activating group) is 1. The highest BCUT2D eigenvalue weighted by molar-refractivity contribution is 7.47. The molecule has 0 saturated heterocycles. The fraction of sp³-hybridized carbons (Fsp3) is 0.984. The predicted molar refractivity (Wildman–Crippen MR) is 319 cm³/mol. The zero-order valence-electron chi connectivity index (χ0n) is 50.2. The minimum Gasteiger partial charge on any atom is -0.391 e. The minimum atomic E-state index is -4.32. The Morgan fingerprint density at radius 2 is 0.658 bits per heavy atom. The summed E-state index contributed by atoms with van der Waals surface area (Å²) in [5.74, 6) is -0.135. The van der Waals surface area contributed by atoms with E-state index in [1.807, 2.05) is 21.1 Å². The summed E-state index contributed by atoms with van der Waals surface area (Å²) in [5.41, 5.74) is 0. The number of aliphatic hydroxyl groups excluding tert-OH is 1. The summed E-state index contributed by atoms with van der Waals surface area (Å²) in [5, 5.41) is 14.1. The van der Waals surface area contributed by atoms with Crippen LogP contribution < -0.4 is 5.32 Å².